The van der Waals surface area contributed by atoms with Crippen LogP contribution in [0.1, 0.15) is 16.7 Å². The standard InChI is InChI=1S/C27H30O4/c1-2-26(30-19-23-14-8-4-9-15-23)27(31-20-24-16-10-5-11-17-24)25(28)21-29-18-22-12-6-3-7-13-22/h2-17,25-28H,1,18-21H2/t25-,26+,27+/m0/s1. The molecule has 0 radical (unpaired) electrons. The molecule has 0 saturated carbocycles. The minimum absolute atomic E-state index is 0.132. The lowest BCUT2D eigenvalue weighted by Gasteiger charge is -2.29. The van der Waals surface area contributed by atoms with Gasteiger partial charge in [-0.25, -0.2) is 0 Å². The van der Waals surface area contributed by atoms with Gasteiger partial charge in [0, 0.05) is 0 Å². The molecule has 0 spiro atoms. The van der Waals surface area contributed by atoms with E-state index in [9.17, 15) is 5.11 Å². The normalized spacial score (nSPS) is 14.0. The van der Waals surface area contributed by atoms with Crippen molar-refractivity contribution in [3.63, 3.8) is 0 Å². The summed E-state index contributed by atoms with van der Waals surface area (Å²) in [5.74, 6) is 0. The van der Waals surface area contributed by atoms with E-state index in [-0.39, 0.29) is 6.61 Å². The van der Waals surface area contributed by atoms with E-state index in [0.717, 1.165) is 16.7 Å². The van der Waals surface area contributed by atoms with Crippen LogP contribution >= 0.6 is 0 Å². The Bertz CT molecular complexity index is 868. The summed E-state index contributed by atoms with van der Waals surface area (Å²) in [5, 5.41) is 10.9. The van der Waals surface area contributed by atoms with Crippen molar-refractivity contribution in [2.45, 2.75) is 38.1 Å². The minimum atomic E-state index is -0.869. The first-order valence-electron chi connectivity index (χ1n) is 10.5. The minimum Gasteiger partial charge on any atom is -0.388 e. The van der Waals surface area contributed by atoms with Crippen LogP contribution in [0, 0.1) is 0 Å². The Morgan fingerprint density at radius 3 is 1.61 bits per heavy atom. The first-order chi connectivity index (χ1) is 15.3. The Morgan fingerprint density at radius 2 is 1.13 bits per heavy atom. The van der Waals surface area contributed by atoms with Crippen molar-refractivity contribution < 1.29 is 19.3 Å². The maximum absolute atomic E-state index is 10.9. The van der Waals surface area contributed by atoms with Gasteiger partial charge in [-0.05, 0) is 16.7 Å². The SMILES string of the molecule is C=C[C@@H](OCc1ccccc1)[C@H](OCc1ccccc1)[C@@H](O)COCc1ccccc1. The molecule has 3 rings (SSSR count). The lowest BCUT2D eigenvalue weighted by Crippen LogP contribution is -2.42. The summed E-state index contributed by atoms with van der Waals surface area (Å²) in [5.41, 5.74) is 3.12. The molecule has 4 heteroatoms. The van der Waals surface area contributed by atoms with Gasteiger partial charge in [0.1, 0.15) is 18.3 Å². The Labute approximate surface area is 184 Å². The molecule has 162 valence electrons. The second-order valence-electron chi connectivity index (χ2n) is 7.33. The Kier molecular flexibility index (Phi) is 9.48. The fourth-order valence-electron chi connectivity index (χ4n) is 3.22. The molecule has 3 atom stereocenters. The first-order valence-corrected chi connectivity index (χ1v) is 10.5. The third-order valence-corrected chi connectivity index (χ3v) is 4.91. The summed E-state index contributed by atoms with van der Waals surface area (Å²) in [4.78, 5) is 0. The van der Waals surface area contributed by atoms with E-state index in [2.05, 4.69) is 6.58 Å². The number of aliphatic hydroxyl groups is 1. The molecule has 0 fully saturated rings. The van der Waals surface area contributed by atoms with Crippen LogP contribution in [0.2, 0.25) is 0 Å². The summed E-state index contributed by atoms with van der Waals surface area (Å²) >= 11 is 0. The number of benzene rings is 3. The highest BCUT2D eigenvalue weighted by Crippen LogP contribution is 2.17. The van der Waals surface area contributed by atoms with Crippen molar-refractivity contribution in [2.75, 3.05) is 6.61 Å². The first kappa shape index (κ1) is 22.9. The zero-order valence-corrected chi connectivity index (χ0v) is 17.7. The van der Waals surface area contributed by atoms with Gasteiger partial charge in [-0.1, -0.05) is 97.1 Å². The van der Waals surface area contributed by atoms with Gasteiger partial charge in [0.15, 0.2) is 0 Å². The molecule has 0 bridgehead atoms. The molecule has 4 nitrogen and oxygen atoms in total. The highest BCUT2D eigenvalue weighted by molar-refractivity contribution is 5.15. The molecule has 0 aromatic heterocycles. The molecule has 3 aromatic rings. The lowest BCUT2D eigenvalue weighted by atomic mass is 10.1. The molecule has 0 heterocycles. The average molecular weight is 419 g/mol. The second-order valence-corrected chi connectivity index (χ2v) is 7.33. The monoisotopic (exact) mass is 418 g/mol. The quantitative estimate of drug-likeness (QED) is 0.400. The summed E-state index contributed by atoms with van der Waals surface area (Å²) < 4.78 is 17.9. The van der Waals surface area contributed by atoms with Gasteiger partial charge in [0.2, 0.25) is 0 Å². The molecule has 0 aliphatic rings. The molecular formula is C27H30O4. The van der Waals surface area contributed by atoms with E-state index in [1.165, 1.54) is 0 Å². The summed E-state index contributed by atoms with van der Waals surface area (Å²) in [6.45, 7) is 5.22. The third-order valence-electron chi connectivity index (χ3n) is 4.91. The van der Waals surface area contributed by atoms with Gasteiger partial charge in [-0.3, -0.25) is 0 Å². The van der Waals surface area contributed by atoms with Gasteiger partial charge in [-0.15, -0.1) is 6.58 Å². The van der Waals surface area contributed by atoms with E-state index in [0.29, 0.717) is 19.8 Å². The third kappa shape index (κ3) is 7.78. The zero-order chi connectivity index (χ0) is 21.7. The smallest absolute Gasteiger partial charge is 0.116 e. The summed E-state index contributed by atoms with van der Waals surface area (Å²) in [6, 6.07) is 29.6. The van der Waals surface area contributed by atoms with Crippen LogP contribution in [0.5, 0.6) is 0 Å². The number of aliphatic hydroxyl groups excluding tert-OH is 1. The van der Waals surface area contributed by atoms with Crippen molar-refractivity contribution >= 4 is 0 Å². The van der Waals surface area contributed by atoms with E-state index >= 15 is 0 Å². The van der Waals surface area contributed by atoms with Crippen molar-refractivity contribution in [1.82, 2.24) is 0 Å². The number of ether oxygens (including phenoxy) is 3. The molecule has 0 amide bonds. The van der Waals surface area contributed by atoms with Crippen LogP contribution in [0.15, 0.2) is 104 Å². The van der Waals surface area contributed by atoms with Gasteiger partial charge < -0.3 is 19.3 Å². The highest BCUT2D eigenvalue weighted by Gasteiger charge is 2.28. The van der Waals surface area contributed by atoms with E-state index in [4.69, 9.17) is 14.2 Å². The van der Waals surface area contributed by atoms with Gasteiger partial charge in [-0.2, -0.15) is 0 Å². The van der Waals surface area contributed by atoms with E-state index < -0.39 is 18.3 Å². The molecule has 0 unspecified atom stereocenters. The summed E-state index contributed by atoms with van der Waals surface area (Å²) in [6.07, 6.45) is -0.290. The Hall–Kier alpha value is -2.76. The van der Waals surface area contributed by atoms with Crippen LogP contribution in [0.3, 0.4) is 0 Å². The van der Waals surface area contributed by atoms with Crippen molar-refractivity contribution in [2.24, 2.45) is 0 Å². The van der Waals surface area contributed by atoms with Crippen molar-refractivity contribution in [3.05, 3.63) is 120 Å². The van der Waals surface area contributed by atoms with E-state index in [1.807, 2.05) is 91.0 Å². The molecule has 31 heavy (non-hydrogen) atoms. The van der Waals surface area contributed by atoms with Crippen LogP contribution in [-0.4, -0.2) is 30.0 Å². The van der Waals surface area contributed by atoms with Crippen LogP contribution in [0.4, 0.5) is 0 Å². The molecule has 3 aromatic carbocycles. The van der Waals surface area contributed by atoms with Gasteiger partial charge in [0.25, 0.3) is 0 Å². The maximum atomic E-state index is 10.9. The van der Waals surface area contributed by atoms with Gasteiger partial charge >= 0.3 is 0 Å². The Morgan fingerprint density at radius 1 is 0.677 bits per heavy atom. The summed E-state index contributed by atoms with van der Waals surface area (Å²) in [7, 11) is 0. The fourth-order valence-corrected chi connectivity index (χ4v) is 3.22. The average Bonchev–Trinajstić information content (AvgIpc) is 2.83. The van der Waals surface area contributed by atoms with Crippen LogP contribution in [0.25, 0.3) is 0 Å². The van der Waals surface area contributed by atoms with Gasteiger partial charge in [0.05, 0.1) is 26.4 Å². The van der Waals surface area contributed by atoms with E-state index in [1.54, 1.807) is 6.08 Å². The fraction of sp³-hybridized carbons (Fsp3) is 0.259. The molecule has 1 N–H and O–H groups in total. The zero-order valence-electron chi connectivity index (χ0n) is 17.7. The molecule has 0 aliphatic carbocycles. The Balaban J connectivity index is 1.62. The molecule has 0 aliphatic heterocycles. The highest BCUT2D eigenvalue weighted by atomic mass is 16.6. The predicted molar refractivity (Wildman–Crippen MR) is 122 cm³/mol. The molecular weight excluding hydrogens is 388 g/mol. The molecule has 0 saturated heterocycles. The largest absolute Gasteiger partial charge is 0.388 e. The van der Waals surface area contributed by atoms with Crippen molar-refractivity contribution in [1.29, 1.82) is 0 Å². The number of rotatable bonds is 13. The topological polar surface area (TPSA) is 47.9 Å². The maximum Gasteiger partial charge on any atom is 0.116 e. The van der Waals surface area contributed by atoms with Crippen molar-refractivity contribution in [3.8, 4) is 0 Å². The van der Waals surface area contributed by atoms with Crippen LogP contribution < -0.4 is 0 Å². The van der Waals surface area contributed by atoms with Crippen LogP contribution in [-0.2, 0) is 34.0 Å². The number of hydrogen-bond donors (Lipinski definition) is 1. The predicted octanol–water partition coefficient (Wildman–Crippen LogP) is 4.92. The second kappa shape index (κ2) is 12.8. The number of hydrogen-bond acceptors (Lipinski definition) is 4. The lowest BCUT2D eigenvalue weighted by molar-refractivity contribution is -0.133.